The molecule has 0 bridgehead atoms. The Balaban J connectivity index is 1.29. The van der Waals surface area contributed by atoms with Gasteiger partial charge in [0.2, 0.25) is 12.1 Å². The standard InChI is InChI=1S/C32H38N8O4/c1-4-5-16-40(20-23-10-12-24(13-11-23)26-8-6-7-9-27(26)29-35-37-38-36-29)30-28(19-33-21-34-30)32(42)44-22(2)43-31(41)25-14-17-39(3)18-15-25/h6-13,19,21-22,25H,4-5,14-18,20H2,1-3H3,(H,35,36,37,38). The number of anilines is 1. The molecule has 3 heterocycles. The summed E-state index contributed by atoms with van der Waals surface area (Å²) in [6.07, 6.45) is 5.17. The van der Waals surface area contributed by atoms with Gasteiger partial charge in [0.25, 0.3) is 0 Å². The maximum Gasteiger partial charge on any atom is 0.346 e. The van der Waals surface area contributed by atoms with Crippen LogP contribution in [0.3, 0.4) is 0 Å². The van der Waals surface area contributed by atoms with Crippen molar-refractivity contribution in [1.29, 1.82) is 0 Å². The van der Waals surface area contributed by atoms with Gasteiger partial charge in [-0.3, -0.25) is 4.79 Å². The van der Waals surface area contributed by atoms with Gasteiger partial charge in [-0.05, 0) is 61.3 Å². The number of esters is 2. The van der Waals surface area contributed by atoms with Gasteiger partial charge in [0, 0.05) is 31.8 Å². The molecule has 2 aromatic heterocycles. The largest absolute Gasteiger partial charge is 0.425 e. The zero-order valence-corrected chi connectivity index (χ0v) is 25.3. The molecule has 2 aromatic carbocycles. The Morgan fingerprint density at radius 1 is 1.07 bits per heavy atom. The van der Waals surface area contributed by atoms with Crippen molar-refractivity contribution in [1.82, 2.24) is 35.5 Å². The number of rotatable bonds is 12. The molecule has 0 amide bonds. The summed E-state index contributed by atoms with van der Waals surface area (Å²) in [4.78, 5) is 38.8. The minimum absolute atomic E-state index is 0.189. The number of unbranched alkanes of at least 4 members (excludes halogenated alkanes) is 1. The van der Waals surface area contributed by atoms with Gasteiger partial charge in [0.05, 0.1) is 5.92 Å². The van der Waals surface area contributed by atoms with E-state index < -0.39 is 12.3 Å². The second-order valence-corrected chi connectivity index (χ2v) is 11.0. The van der Waals surface area contributed by atoms with Gasteiger partial charge in [0.15, 0.2) is 0 Å². The minimum atomic E-state index is -1.03. The first-order valence-corrected chi connectivity index (χ1v) is 15.0. The van der Waals surface area contributed by atoms with E-state index in [9.17, 15) is 9.59 Å². The molecule has 0 radical (unpaired) electrons. The fourth-order valence-electron chi connectivity index (χ4n) is 5.29. The number of hydrogen-bond acceptors (Lipinski definition) is 11. The summed E-state index contributed by atoms with van der Waals surface area (Å²) in [7, 11) is 2.03. The van der Waals surface area contributed by atoms with E-state index in [-0.39, 0.29) is 17.5 Å². The summed E-state index contributed by atoms with van der Waals surface area (Å²) in [6, 6.07) is 16.1. The van der Waals surface area contributed by atoms with E-state index in [1.807, 2.05) is 31.3 Å². The summed E-state index contributed by atoms with van der Waals surface area (Å²) in [5.74, 6) is -0.162. The van der Waals surface area contributed by atoms with Crippen LogP contribution in [0, 0.1) is 5.92 Å². The van der Waals surface area contributed by atoms with Gasteiger partial charge < -0.3 is 19.3 Å². The molecular weight excluding hydrogens is 560 g/mol. The molecule has 0 spiro atoms. The van der Waals surface area contributed by atoms with Crippen LogP contribution in [0.25, 0.3) is 22.5 Å². The van der Waals surface area contributed by atoms with Crippen LogP contribution in [0.1, 0.15) is 55.5 Å². The lowest BCUT2D eigenvalue weighted by Gasteiger charge is -2.28. The molecule has 1 atom stereocenters. The van der Waals surface area contributed by atoms with Crippen LogP contribution >= 0.6 is 0 Å². The van der Waals surface area contributed by atoms with E-state index in [1.165, 1.54) is 12.5 Å². The van der Waals surface area contributed by atoms with E-state index >= 15 is 0 Å². The molecule has 1 unspecified atom stereocenters. The van der Waals surface area contributed by atoms with Gasteiger partial charge >= 0.3 is 11.9 Å². The fourth-order valence-corrected chi connectivity index (χ4v) is 5.29. The van der Waals surface area contributed by atoms with Crippen LogP contribution in [-0.4, -0.2) is 80.4 Å². The summed E-state index contributed by atoms with van der Waals surface area (Å²) in [6.45, 7) is 6.54. The molecule has 12 heteroatoms. The number of ether oxygens (including phenoxy) is 2. The summed E-state index contributed by atoms with van der Waals surface area (Å²) in [5.41, 5.74) is 4.16. The monoisotopic (exact) mass is 598 g/mol. The van der Waals surface area contributed by atoms with Crippen LogP contribution in [0.5, 0.6) is 0 Å². The predicted molar refractivity (Wildman–Crippen MR) is 164 cm³/mol. The Labute approximate surface area is 256 Å². The number of aromatic amines is 1. The Morgan fingerprint density at radius 3 is 2.52 bits per heavy atom. The van der Waals surface area contributed by atoms with Gasteiger partial charge in [-0.15, -0.1) is 10.2 Å². The van der Waals surface area contributed by atoms with Crippen molar-refractivity contribution in [3.8, 4) is 22.5 Å². The molecule has 1 N–H and O–H groups in total. The molecule has 4 aromatic rings. The highest BCUT2D eigenvalue weighted by Crippen LogP contribution is 2.30. The summed E-state index contributed by atoms with van der Waals surface area (Å²) < 4.78 is 11.0. The number of H-pyrrole nitrogens is 1. The van der Waals surface area contributed by atoms with Crippen LogP contribution in [0.2, 0.25) is 0 Å². The Bertz CT molecular complexity index is 1520. The first kappa shape index (κ1) is 30.7. The summed E-state index contributed by atoms with van der Waals surface area (Å²) in [5, 5.41) is 14.5. The van der Waals surface area contributed by atoms with Crippen LogP contribution < -0.4 is 4.90 Å². The normalized spacial score (nSPS) is 14.6. The zero-order chi connectivity index (χ0) is 30.9. The minimum Gasteiger partial charge on any atom is -0.425 e. The number of tetrazole rings is 1. The number of nitrogens with zero attached hydrogens (tertiary/aromatic N) is 7. The van der Waals surface area contributed by atoms with E-state index in [0.717, 1.165) is 61.0 Å². The highest BCUT2D eigenvalue weighted by Gasteiger charge is 2.28. The highest BCUT2D eigenvalue weighted by molar-refractivity contribution is 5.94. The van der Waals surface area contributed by atoms with Crippen LogP contribution in [0.15, 0.2) is 61.1 Å². The Morgan fingerprint density at radius 2 is 1.82 bits per heavy atom. The van der Waals surface area contributed by atoms with Gasteiger partial charge in [-0.2, -0.15) is 5.21 Å². The smallest absolute Gasteiger partial charge is 0.346 e. The van der Waals surface area contributed by atoms with Crippen molar-refractivity contribution in [3.05, 3.63) is 72.2 Å². The molecule has 12 nitrogen and oxygen atoms in total. The Hall–Kier alpha value is -4.71. The van der Waals surface area contributed by atoms with Gasteiger partial charge in [-0.1, -0.05) is 61.9 Å². The molecular formula is C32H38N8O4. The van der Waals surface area contributed by atoms with Crippen LogP contribution in [-0.2, 0) is 20.8 Å². The fraction of sp³-hybridized carbons (Fsp3) is 0.406. The third kappa shape index (κ3) is 7.62. The average Bonchev–Trinajstić information content (AvgIpc) is 3.59. The summed E-state index contributed by atoms with van der Waals surface area (Å²) >= 11 is 0. The SMILES string of the molecule is CCCCN(Cc1ccc(-c2ccccc2-c2nn[nH]n2)cc1)c1ncncc1C(=O)OC(C)OC(=O)C1CCN(C)CC1. The van der Waals surface area contributed by atoms with E-state index in [1.54, 1.807) is 6.92 Å². The lowest BCUT2D eigenvalue weighted by molar-refractivity contribution is -0.171. The quantitative estimate of drug-likeness (QED) is 0.182. The third-order valence-corrected chi connectivity index (χ3v) is 7.75. The predicted octanol–water partition coefficient (Wildman–Crippen LogP) is 4.52. The maximum absolute atomic E-state index is 13.3. The second kappa shape index (κ2) is 14.6. The van der Waals surface area contributed by atoms with Crippen molar-refractivity contribution in [2.75, 3.05) is 31.6 Å². The number of piperidine rings is 1. The van der Waals surface area contributed by atoms with E-state index in [2.05, 4.69) is 71.6 Å². The number of hydrogen-bond donors (Lipinski definition) is 1. The molecule has 230 valence electrons. The Kier molecular flexibility index (Phi) is 10.2. The zero-order valence-electron chi connectivity index (χ0n) is 25.3. The molecule has 1 saturated heterocycles. The number of likely N-dealkylation sites (tertiary alicyclic amines) is 1. The highest BCUT2D eigenvalue weighted by atomic mass is 16.7. The van der Waals surface area contributed by atoms with E-state index in [4.69, 9.17) is 9.47 Å². The lowest BCUT2D eigenvalue weighted by Crippen LogP contribution is -2.36. The number of carbonyl (C=O) groups excluding carboxylic acids is 2. The molecule has 5 rings (SSSR count). The van der Waals surface area contributed by atoms with E-state index in [0.29, 0.717) is 24.7 Å². The molecule has 1 aliphatic rings. The van der Waals surface area contributed by atoms with Crippen molar-refractivity contribution in [3.63, 3.8) is 0 Å². The molecule has 0 aliphatic carbocycles. The molecule has 1 fully saturated rings. The second-order valence-electron chi connectivity index (χ2n) is 11.0. The van der Waals surface area contributed by atoms with Crippen LogP contribution in [0.4, 0.5) is 5.82 Å². The number of benzene rings is 2. The van der Waals surface area contributed by atoms with Crippen molar-refractivity contribution in [2.45, 2.75) is 52.4 Å². The first-order chi connectivity index (χ1) is 21.4. The molecule has 44 heavy (non-hydrogen) atoms. The topological polar surface area (TPSA) is 139 Å². The maximum atomic E-state index is 13.3. The molecule has 1 aliphatic heterocycles. The van der Waals surface area contributed by atoms with Crippen molar-refractivity contribution in [2.24, 2.45) is 5.92 Å². The third-order valence-electron chi connectivity index (χ3n) is 7.75. The van der Waals surface area contributed by atoms with Crippen molar-refractivity contribution < 1.29 is 19.1 Å². The van der Waals surface area contributed by atoms with Gasteiger partial charge in [-0.25, -0.2) is 14.8 Å². The average molecular weight is 599 g/mol. The number of carbonyl (C=O) groups is 2. The number of aromatic nitrogens is 6. The molecule has 0 saturated carbocycles. The lowest BCUT2D eigenvalue weighted by atomic mass is 9.97. The number of nitrogens with one attached hydrogen (secondary N) is 1. The van der Waals surface area contributed by atoms with Gasteiger partial charge in [0.1, 0.15) is 17.7 Å². The first-order valence-electron chi connectivity index (χ1n) is 15.0. The van der Waals surface area contributed by atoms with Crippen molar-refractivity contribution >= 4 is 17.8 Å².